The molecule has 0 unspecified atom stereocenters. The summed E-state index contributed by atoms with van der Waals surface area (Å²) in [6, 6.07) is 11.5. The summed E-state index contributed by atoms with van der Waals surface area (Å²) in [4.78, 5) is 10.8. The molecule has 0 saturated heterocycles. The number of hydrogen-bond acceptors (Lipinski definition) is 2. The van der Waals surface area contributed by atoms with Gasteiger partial charge in [0.2, 0.25) is 0 Å². The van der Waals surface area contributed by atoms with Crippen LogP contribution in [0.3, 0.4) is 0 Å². The molecule has 1 saturated carbocycles. The largest absolute Gasteiger partial charge is 0.490 e. The summed E-state index contributed by atoms with van der Waals surface area (Å²) < 4.78 is 19.3. The molecule has 3 rings (SSSR count). The summed E-state index contributed by atoms with van der Waals surface area (Å²) >= 11 is 0. The van der Waals surface area contributed by atoms with Crippen molar-refractivity contribution in [2.75, 3.05) is 0 Å². The number of carboxylic acids is 1. The van der Waals surface area contributed by atoms with E-state index in [9.17, 15) is 9.18 Å². The molecular formula is C16H13FO3. The number of hydrogen-bond donors (Lipinski definition) is 1. The molecule has 0 spiro atoms. The summed E-state index contributed by atoms with van der Waals surface area (Å²) in [7, 11) is 0. The number of rotatable bonds is 4. The molecule has 3 nitrogen and oxygen atoms in total. The molecule has 1 aliphatic rings. The molecule has 0 amide bonds. The van der Waals surface area contributed by atoms with Gasteiger partial charge >= 0.3 is 5.97 Å². The number of ether oxygens (including phenoxy) is 1. The first-order chi connectivity index (χ1) is 9.63. The van der Waals surface area contributed by atoms with E-state index in [0.717, 1.165) is 24.2 Å². The van der Waals surface area contributed by atoms with E-state index in [2.05, 4.69) is 0 Å². The Kier molecular flexibility index (Phi) is 3.14. The van der Waals surface area contributed by atoms with Gasteiger partial charge in [-0.25, -0.2) is 9.18 Å². The van der Waals surface area contributed by atoms with E-state index in [0.29, 0.717) is 11.7 Å². The van der Waals surface area contributed by atoms with Gasteiger partial charge in [0.05, 0.1) is 11.7 Å². The van der Waals surface area contributed by atoms with Crippen molar-refractivity contribution in [2.24, 2.45) is 0 Å². The van der Waals surface area contributed by atoms with Crippen LogP contribution >= 0.6 is 0 Å². The Balaban J connectivity index is 1.84. The van der Waals surface area contributed by atoms with Gasteiger partial charge in [0, 0.05) is 0 Å². The van der Waals surface area contributed by atoms with Crippen molar-refractivity contribution in [1.29, 1.82) is 0 Å². The highest BCUT2D eigenvalue weighted by molar-refractivity contribution is 5.88. The Morgan fingerprint density at radius 2 is 1.75 bits per heavy atom. The van der Waals surface area contributed by atoms with Crippen molar-refractivity contribution < 1.29 is 19.0 Å². The molecule has 0 aliphatic heterocycles. The lowest BCUT2D eigenvalue weighted by Crippen LogP contribution is -2.00. The zero-order chi connectivity index (χ0) is 14.1. The molecule has 2 aromatic rings. The predicted molar refractivity (Wildman–Crippen MR) is 72.4 cm³/mol. The van der Waals surface area contributed by atoms with Crippen LogP contribution in [0, 0.1) is 5.82 Å². The molecular weight excluding hydrogens is 259 g/mol. The minimum absolute atomic E-state index is 0.317. The second kappa shape index (κ2) is 4.96. The van der Waals surface area contributed by atoms with Crippen molar-refractivity contribution >= 4 is 5.97 Å². The number of benzene rings is 2. The first kappa shape index (κ1) is 12.7. The van der Waals surface area contributed by atoms with Crippen molar-refractivity contribution in [1.82, 2.24) is 0 Å². The minimum atomic E-state index is -1.26. The Bertz CT molecular complexity index is 645. The maximum atomic E-state index is 13.6. The Hall–Kier alpha value is -2.36. The van der Waals surface area contributed by atoms with Crippen LogP contribution in [0.25, 0.3) is 11.1 Å². The van der Waals surface area contributed by atoms with E-state index >= 15 is 0 Å². The molecule has 20 heavy (non-hydrogen) atoms. The van der Waals surface area contributed by atoms with E-state index in [-0.39, 0.29) is 5.56 Å². The highest BCUT2D eigenvalue weighted by atomic mass is 19.1. The van der Waals surface area contributed by atoms with Gasteiger partial charge in [0.15, 0.2) is 0 Å². The van der Waals surface area contributed by atoms with E-state index in [1.807, 2.05) is 24.3 Å². The number of aromatic carboxylic acids is 1. The first-order valence-corrected chi connectivity index (χ1v) is 6.43. The van der Waals surface area contributed by atoms with Gasteiger partial charge in [-0.1, -0.05) is 18.2 Å². The van der Waals surface area contributed by atoms with Crippen LogP contribution in [-0.4, -0.2) is 17.2 Å². The predicted octanol–water partition coefficient (Wildman–Crippen LogP) is 3.73. The molecule has 1 fully saturated rings. The molecule has 0 atom stereocenters. The quantitative estimate of drug-likeness (QED) is 0.922. The van der Waals surface area contributed by atoms with E-state index in [4.69, 9.17) is 9.84 Å². The normalized spacial score (nSPS) is 14.1. The van der Waals surface area contributed by atoms with Crippen molar-refractivity contribution in [3.05, 3.63) is 53.8 Å². The van der Waals surface area contributed by atoms with Crippen LogP contribution in [0.5, 0.6) is 5.75 Å². The second-order valence-electron chi connectivity index (χ2n) is 4.84. The third-order valence-electron chi connectivity index (χ3n) is 3.21. The summed E-state index contributed by atoms with van der Waals surface area (Å²) in [5.74, 6) is -1.19. The molecule has 0 heterocycles. The lowest BCUT2D eigenvalue weighted by Gasteiger charge is -2.07. The third-order valence-corrected chi connectivity index (χ3v) is 3.21. The van der Waals surface area contributed by atoms with Gasteiger partial charge in [-0.05, 0) is 48.2 Å². The van der Waals surface area contributed by atoms with Crippen LogP contribution < -0.4 is 4.74 Å². The molecule has 0 aromatic heterocycles. The number of carboxylic acid groups (broad SMARTS) is 1. The SMILES string of the molecule is O=C(O)c1ccc(-c2ccc(OC3CC3)cc2)cc1F. The summed E-state index contributed by atoms with van der Waals surface area (Å²) in [6.45, 7) is 0. The Morgan fingerprint density at radius 1 is 1.10 bits per heavy atom. The average Bonchev–Trinajstić information content (AvgIpc) is 3.23. The number of carbonyl (C=O) groups is 1. The molecule has 4 heteroatoms. The number of halogens is 1. The van der Waals surface area contributed by atoms with Gasteiger partial charge in [-0.2, -0.15) is 0 Å². The van der Waals surface area contributed by atoms with E-state index < -0.39 is 11.8 Å². The summed E-state index contributed by atoms with van der Waals surface area (Å²) in [5, 5.41) is 8.80. The summed E-state index contributed by atoms with van der Waals surface area (Å²) in [5.41, 5.74) is 1.15. The van der Waals surface area contributed by atoms with Crippen molar-refractivity contribution in [3.8, 4) is 16.9 Å². The fourth-order valence-electron chi connectivity index (χ4n) is 1.97. The Labute approximate surface area is 115 Å². The van der Waals surface area contributed by atoms with E-state index in [1.165, 1.54) is 12.1 Å². The van der Waals surface area contributed by atoms with Gasteiger partial charge in [-0.3, -0.25) is 0 Å². The standard InChI is InChI=1S/C16H13FO3/c17-15-9-11(3-8-14(15)16(18)19)10-1-4-12(5-2-10)20-13-6-7-13/h1-5,8-9,13H,6-7H2,(H,18,19). The monoisotopic (exact) mass is 272 g/mol. The highest BCUT2D eigenvalue weighted by Gasteiger charge is 2.23. The van der Waals surface area contributed by atoms with Crippen LogP contribution in [-0.2, 0) is 0 Å². The Morgan fingerprint density at radius 3 is 2.30 bits per heavy atom. The van der Waals surface area contributed by atoms with Gasteiger partial charge in [0.25, 0.3) is 0 Å². The van der Waals surface area contributed by atoms with Crippen molar-refractivity contribution in [3.63, 3.8) is 0 Å². The minimum Gasteiger partial charge on any atom is -0.490 e. The lowest BCUT2D eigenvalue weighted by molar-refractivity contribution is 0.0692. The van der Waals surface area contributed by atoms with Crippen LogP contribution in [0.2, 0.25) is 0 Å². The molecule has 1 aliphatic carbocycles. The van der Waals surface area contributed by atoms with Crippen LogP contribution in [0.1, 0.15) is 23.2 Å². The highest BCUT2D eigenvalue weighted by Crippen LogP contribution is 2.29. The fourth-order valence-corrected chi connectivity index (χ4v) is 1.97. The van der Waals surface area contributed by atoms with Gasteiger partial charge in [-0.15, -0.1) is 0 Å². The zero-order valence-electron chi connectivity index (χ0n) is 10.7. The average molecular weight is 272 g/mol. The molecule has 2 aromatic carbocycles. The lowest BCUT2D eigenvalue weighted by atomic mass is 10.0. The summed E-state index contributed by atoms with van der Waals surface area (Å²) in [6.07, 6.45) is 2.54. The van der Waals surface area contributed by atoms with Gasteiger partial charge < -0.3 is 9.84 Å². The first-order valence-electron chi connectivity index (χ1n) is 6.43. The zero-order valence-corrected chi connectivity index (χ0v) is 10.7. The second-order valence-corrected chi connectivity index (χ2v) is 4.84. The van der Waals surface area contributed by atoms with Crippen LogP contribution in [0.4, 0.5) is 4.39 Å². The molecule has 0 radical (unpaired) electrons. The van der Waals surface area contributed by atoms with E-state index in [1.54, 1.807) is 6.07 Å². The van der Waals surface area contributed by atoms with Gasteiger partial charge in [0.1, 0.15) is 11.6 Å². The maximum absolute atomic E-state index is 13.6. The molecule has 102 valence electrons. The molecule has 0 bridgehead atoms. The molecule has 1 N–H and O–H groups in total. The maximum Gasteiger partial charge on any atom is 0.338 e. The third kappa shape index (κ3) is 2.64. The van der Waals surface area contributed by atoms with Crippen LogP contribution in [0.15, 0.2) is 42.5 Å². The van der Waals surface area contributed by atoms with Crippen molar-refractivity contribution in [2.45, 2.75) is 18.9 Å². The topological polar surface area (TPSA) is 46.5 Å². The fraction of sp³-hybridized carbons (Fsp3) is 0.188. The smallest absolute Gasteiger partial charge is 0.338 e.